The summed E-state index contributed by atoms with van der Waals surface area (Å²) < 4.78 is 17.6. The summed E-state index contributed by atoms with van der Waals surface area (Å²) in [4.78, 5) is 3.39. The van der Waals surface area contributed by atoms with Gasteiger partial charge in [-0.3, -0.25) is 0 Å². The lowest BCUT2D eigenvalue weighted by atomic mass is 9.81. The van der Waals surface area contributed by atoms with Gasteiger partial charge in [-0.05, 0) is 18.5 Å². The van der Waals surface area contributed by atoms with Crippen LogP contribution in [0.5, 0.6) is 5.88 Å². The zero-order chi connectivity index (χ0) is 9.84. The SMILES string of the molecule is CCOc1cc(B(O)O)cc(F)n1. The largest absolute Gasteiger partial charge is 0.488 e. The molecule has 70 valence electrons. The Kier molecular flexibility index (Phi) is 3.22. The maximum absolute atomic E-state index is 12.7. The van der Waals surface area contributed by atoms with Crippen LogP contribution < -0.4 is 10.2 Å². The smallest absolute Gasteiger partial charge is 0.478 e. The molecule has 1 rings (SSSR count). The predicted molar refractivity (Wildman–Crippen MR) is 45.2 cm³/mol. The fraction of sp³-hybridized carbons (Fsp3) is 0.286. The summed E-state index contributed by atoms with van der Waals surface area (Å²) in [5.41, 5.74) is 0.0240. The van der Waals surface area contributed by atoms with Gasteiger partial charge in [0.1, 0.15) is 0 Å². The summed E-state index contributed by atoms with van der Waals surface area (Å²) >= 11 is 0. The summed E-state index contributed by atoms with van der Waals surface area (Å²) in [5.74, 6) is -0.750. The van der Waals surface area contributed by atoms with E-state index in [1.54, 1.807) is 6.92 Å². The fourth-order valence-corrected chi connectivity index (χ4v) is 0.862. The second kappa shape index (κ2) is 4.20. The molecular formula is C7H9BFNO3. The molecule has 4 nitrogen and oxygen atoms in total. The molecule has 0 saturated heterocycles. The van der Waals surface area contributed by atoms with Crippen LogP contribution in [0.2, 0.25) is 0 Å². The highest BCUT2D eigenvalue weighted by molar-refractivity contribution is 6.58. The van der Waals surface area contributed by atoms with Crippen LogP contribution in [-0.2, 0) is 0 Å². The van der Waals surface area contributed by atoms with E-state index in [0.717, 1.165) is 6.07 Å². The Balaban J connectivity index is 2.96. The maximum atomic E-state index is 12.7. The number of pyridine rings is 1. The van der Waals surface area contributed by atoms with Crippen molar-refractivity contribution in [1.82, 2.24) is 4.98 Å². The quantitative estimate of drug-likeness (QED) is 0.482. The second-order valence-corrected chi connectivity index (χ2v) is 2.37. The van der Waals surface area contributed by atoms with Gasteiger partial charge in [-0.2, -0.15) is 9.37 Å². The zero-order valence-corrected chi connectivity index (χ0v) is 7.07. The first kappa shape index (κ1) is 9.95. The van der Waals surface area contributed by atoms with Crippen LogP contribution in [0.4, 0.5) is 4.39 Å². The van der Waals surface area contributed by atoms with E-state index in [0.29, 0.717) is 6.61 Å². The van der Waals surface area contributed by atoms with E-state index in [9.17, 15) is 4.39 Å². The van der Waals surface area contributed by atoms with Gasteiger partial charge in [-0.15, -0.1) is 0 Å². The third-order valence-corrected chi connectivity index (χ3v) is 1.38. The lowest BCUT2D eigenvalue weighted by molar-refractivity contribution is 0.321. The molecule has 13 heavy (non-hydrogen) atoms. The number of rotatable bonds is 3. The molecule has 1 aromatic rings. The topological polar surface area (TPSA) is 62.6 Å². The van der Waals surface area contributed by atoms with Gasteiger partial charge < -0.3 is 14.8 Å². The van der Waals surface area contributed by atoms with Gasteiger partial charge in [-0.1, -0.05) is 0 Å². The summed E-state index contributed by atoms with van der Waals surface area (Å²) in [5, 5.41) is 17.5. The number of hydrogen-bond acceptors (Lipinski definition) is 4. The Morgan fingerprint density at radius 2 is 2.23 bits per heavy atom. The monoisotopic (exact) mass is 185 g/mol. The zero-order valence-electron chi connectivity index (χ0n) is 7.07. The summed E-state index contributed by atoms with van der Waals surface area (Å²) in [6, 6.07) is 2.21. The molecule has 0 saturated carbocycles. The van der Waals surface area contributed by atoms with Gasteiger partial charge in [0.15, 0.2) is 0 Å². The standard InChI is InChI=1S/C7H9BFNO3/c1-2-13-7-4-5(8(11)12)3-6(9)10-7/h3-4,11-12H,2H2,1H3. The Bertz CT molecular complexity index is 295. The Morgan fingerprint density at radius 3 is 2.77 bits per heavy atom. The van der Waals surface area contributed by atoms with Crippen LogP contribution in [-0.4, -0.2) is 28.8 Å². The lowest BCUT2D eigenvalue weighted by Crippen LogP contribution is -2.30. The summed E-state index contributed by atoms with van der Waals surface area (Å²) in [6.45, 7) is 2.07. The predicted octanol–water partition coefficient (Wildman–Crippen LogP) is -0.701. The molecule has 0 atom stereocenters. The first-order chi connectivity index (χ1) is 6.13. The Labute approximate surface area is 75.1 Å². The molecule has 1 aromatic heterocycles. The first-order valence-corrected chi connectivity index (χ1v) is 3.80. The molecule has 0 amide bonds. The molecule has 0 radical (unpaired) electrons. The maximum Gasteiger partial charge on any atom is 0.488 e. The molecule has 0 aromatic carbocycles. The minimum Gasteiger partial charge on any atom is -0.478 e. The highest BCUT2D eigenvalue weighted by Gasteiger charge is 2.14. The van der Waals surface area contributed by atoms with E-state index >= 15 is 0 Å². The van der Waals surface area contributed by atoms with E-state index < -0.39 is 13.1 Å². The molecule has 0 spiro atoms. The molecule has 0 fully saturated rings. The van der Waals surface area contributed by atoms with Gasteiger partial charge >= 0.3 is 7.12 Å². The van der Waals surface area contributed by atoms with Crippen molar-refractivity contribution in [2.24, 2.45) is 0 Å². The average molecular weight is 185 g/mol. The van der Waals surface area contributed by atoms with Crippen molar-refractivity contribution in [2.75, 3.05) is 6.61 Å². The molecule has 0 bridgehead atoms. The van der Waals surface area contributed by atoms with Crippen LogP contribution in [0.3, 0.4) is 0 Å². The molecule has 1 heterocycles. The third kappa shape index (κ3) is 2.68. The normalized spacial score (nSPS) is 9.85. The number of hydrogen-bond donors (Lipinski definition) is 2. The van der Waals surface area contributed by atoms with Crippen LogP contribution in [0.15, 0.2) is 12.1 Å². The highest BCUT2D eigenvalue weighted by Crippen LogP contribution is 2.04. The molecule has 0 unspecified atom stereocenters. The minimum atomic E-state index is -1.71. The van der Waals surface area contributed by atoms with E-state index in [2.05, 4.69) is 4.98 Å². The van der Waals surface area contributed by atoms with Crippen molar-refractivity contribution in [3.05, 3.63) is 18.1 Å². The third-order valence-electron chi connectivity index (χ3n) is 1.38. The minimum absolute atomic E-state index is 0.0240. The number of ether oxygens (including phenoxy) is 1. The van der Waals surface area contributed by atoms with Crippen molar-refractivity contribution in [1.29, 1.82) is 0 Å². The summed E-state index contributed by atoms with van der Waals surface area (Å²) in [7, 11) is -1.71. The van der Waals surface area contributed by atoms with Crippen molar-refractivity contribution in [3.8, 4) is 5.88 Å². The average Bonchev–Trinajstić information content (AvgIpc) is 2.03. The highest BCUT2D eigenvalue weighted by atomic mass is 19.1. The van der Waals surface area contributed by atoms with Gasteiger partial charge in [0.2, 0.25) is 11.8 Å². The Morgan fingerprint density at radius 1 is 1.54 bits per heavy atom. The molecule has 0 aliphatic heterocycles. The first-order valence-electron chi connectivity index (χ1n) is 3.80. The lowest BCUT2D eigenvalue weighted by Gasteiger charge is -2.04. The van der Waals surface area contributed by atoms with Crippen LogP contribution in [0.1, 0.15) is 6.92 Å². The van der Waals surface area contributed by atoms with Crippen LogP contribution in [0, 0.1) is 5.95 Å². The summed E-state index contributed by atoms with van der Waals surface area (Å²) in [6.07, 6.45) is 0. The van der Waals surface area contributed by atoms with Crippen molar-refractivity contribution in [3.63, 3.8) is 0 Å². The fourth-order valence-electron chi connectivity index (χ4n) is 0.862. The van der Waals surface area contributed by atoms with Crippen molar-refractivity contribution < 1.29 is 19.2 Å². The Hall–Kier alpha value is -1.14. The van der Waals surface area contributed by atoms with E-state index in [1.165, 1.54) is 6.07 Å². The second-order valence-electron chi connectivity index (χ2n) is 2.37. The van der Waals surface area contributed by atoms with Crippen LogP contribution in [0.25, 0.3) is 0 Å². The molecule has 0 aliphatic rings. The molecule has 2 N–H and O–H groups in total. The van der Waals surface area contributed by atoms with E-state index in [4.69, 9.17) is 14.8 Å². The van der Waals surface area contributed by atoms with Gasteiger partial charge in [0.05, 0.1) is 6.61 Å². The van der Waals surface area contributed by atoms with Gasteiger partial charge in [0, 0.05) is 6.07 Å². The molecular weight excluding hydrogens is 176 g/mol. The number of nitrogens with zero attached hydrogens (tertiary/aromatic N) is 1. The molecule has 6 heteroatoms. The van der Waals surface area contributed by atoms with Gasteiger partial charge in [-0.25, -0.2) is 0 Å². The van der Waals surface area contributed by atoms with Crippen molar-refractivity contribution in [2.45, 2.75) is 6.92 Å². The molecule has 0 aliphatic carbocycles. The number of halogens is 1. The van der Waals surface area contributed by atoms with Crippen molar-refractivity contribution >= 4 is 12.6 Å². The van der Waals surface area contributed by atoms with Crippen LogP contribution >= 0.6 is 0 Å². The van der Waals surface area contributed by atoms with E-state index in [-0.39, 0.29) is 11.3 Å². The van der Waals surface area contributed by atoms with E-state index in [1.807, 2.05) is 0 Å². The number of aromatic nitrogens is 1. The van der Waals surface area contributed by atoms with Gasteiger partial charge in [0.25, 0.3) is 0 Å².